The van der Waals surface area contributed by atoms with Gasteiger partial charge in [0.05, 0.1) is 0 Å². The summed E-state index contributed by atoms with van der Waals surface area (Å²) in [6, 6.07) is 6.01. The molecule has 0 bridgehead atoms. The molecule has 0 N–H and O–H groups in total. The predicted octanol–water partition coefficient (Wildman–Crippen LogP) is 3.42. The molecule has 0 saturated carbocycles. The first-order chi connectivity index (χ1) is 8.47. The van der Waals surface area contributed by atoms with Crippen LogP contribution in [0.1, 0.15) is 41.8 Å². The van der Waals surface area contributed by atoms with Gasteiger partial charge in [0.1, 0.15) is 0 Å². The first-order valence-electron chi connectivity index (χ1n) is 6.84. The van der Waals surface area contributed by atoms with E-state index in [1.807, 2.05) is 23.1 Å². The van der Waals surface area contributed by atoms with Crippen LogP contribution in [0.3, 0.4) is 0 Å². The summed E-state index contributed by atoms with van der Waals surface area (Å²) >= 11 is 0. The first-order valence-corrected chi connectivity index (χ1v) is 6.84. The van der Waals surface area contributed by atoms with E-state index in [1.165, 1.54) is 17.5 Å². The molecule has 2 rings (SSSR count). The van der Waals surface area contributed by atoms with Gasteiger partial charge >= 0.3 is 0 Å². The van der Waals surface area contributed by atoms with Gasteiger partial charge in [-0.15, -0.1) is 0 Å². The van der Waals surface area contributed by atoms with Gasteiger partial charge in [-0.2, -0.15) is 0 Å². The SMILES string of the molecule is Cc1ccc(C(=O)N2C[C@H](C)C[C@@H](C)C2)cc1C. The monoisotopic (exact) mass is 245 g/mol. The molecule has 2 atom stereocenters. The third-order valence-corrected chi connectivity index (χ3v) is 3.91. The van der Waals surface area contributed by atoms with E-state index in [-0.39, 0.29) is 5.91 Å². The second kappa shape index (κ2) is 5.13. The van der Waals surface area contributed by atoms with E-state index in [2.05, 4.69) is 27.7 Å². The van der Waals surface area contributed by atoms with Gasteiger partial charge in [0.2, 0.25) is 0 Å². The third kappa shape index (κ3) is 2.74. The summed E-state index contributed by atoms with van der Waals surface area (Å²) in [5, 5.41) is 0. The Morgan fingerprint density at radius 3 is 2.28 bits per heavy atom. The Kier molecular flexibility index (Phi) is 3.74. The summed E-state index contributed by atoms with van der Waals surface area (Å²) in [5.74, 6) is 1.42. The molecule has 1 heterocycles. The smallest absolute Gasteiger partial charge is 0.253 e. The van der Waals surface area contributed by atoms with Crippen LogP contribution in [-0.4, -0.2) is 23.9 Å². The molecule has 1 aliphatic rings. The molecule has 18 heavy (non-hydrogen) atoms. The molecule has 1 fully saturated rings. The number of carbonyl (C=O) groups excluding carboxylic acids is 1. The van der Waals surface area contributed by atoms with Gasteiger partial charge in [0.25, 0.3) is 5.91 Å². The molecule has 98 valence electrons. The molecule has 2 heteroatoms. The van der Waals surface area contributed by atoms with E-state index in [0.29, 0.717) is 11.8 Å². The van der Waals surface area contributed by atoms with Crippen molar-refractivity contribution < 1.29 is 4.79 Å². The molecule has 0 aromatic heterocycles. The molecule has 1 aliphatic heterocycles. The number of piperidine rings is 1. The van der Waals surface area contributed by atoms with Crippen LogP contribution in [0.5, 0.6) is 0 Å². The van der Waals surface area contributed by atoms with Crippen molar-refractivity contribution in [2.24, 2.45) is 11.8 Å². The van der Waals surface area contributed by atoms with Crippen molar-refractivity contribution in [3.05, 3.63) is 34.9 Å². The van der Waals surface area contributed by atoms with Crippen molar-refractivity contribution in [3.63, 3.8) is 0 Å². The quantitative estimate of drug-likeness (QED) is 0.742. The largest absolute Gasteiger partial charge is 0.338 e. The number of likely N-dealkylation sites (tertiary alicyclic amines) is 1. The Morgan fingerprint density at radius 1 is 1.11 bits per heavy atom. The van der Waals surface area contributed by atoms with Gasteiger partial charge in [-0.3, -0.25) is 4.79 Å². The topological polar surface area (TPSA) is 20.3 Å². The number of benzene rings is 1. The van der Waals surface area contributed by atoms with Crippen molar-refractivity contribution in [2.45, 2.75) is 34.1 Å². The fourth-order valence-corrected chi connectivity index (χ4v) is 2.89. The highest BCUT2D eigenvalue weighted by molar-refractivity contribution is 5.94. The summed E-state index contributed by atoms with van der Waals surface area (Å²) in [4.78, 5) is 14.5. The minimum absolute atomic E-state index is 0.191. The molecule has 1 amide bonds. The van der Waals surface area contributed by atoms with Crippen molar-refractivity contribution in [2.75, 3.05) is 13.1 Å². The molecular weight excluding hydrogens is 222 g/mol. The van der Waals surface area contributed by atoms with Crippen LogP contribution in [0.4, 0.5) is 0 Å². The van der Waals surface area contributed by atoms with E-state index in [4.69, 9.17) is 0 Å². The van der Waals surface area contributed by atoms with Crippen molar-refractivity contribution in [1.29, 1.82) is 0 Å². The Balaban J connectivity index is 2.17. The standard InChI is InChI=1S/C16H23NO/c1-11-7-12(2)10-17(9-11)16(18)15-6-5-13(3)14(4)8-15/h5-6,8,11-12H,7,9-10H2,1-4H3/t11-,12-/m1/s1. The summed E-state index contributed by atoms with van der Waals surface area (Å²) in [6.07, 6.45) is 1.23. The molecule has 1 saturated heterocycles. The Bertz CT molecular complexity index is 442. The molecular formula is C16H23NO. The number of rotatable bonds is 1. The predicted molar refractivity (Wildman–Crippen MR) is 74.8 cm³/mol. The summed E-state index contributed by atoms with van der Waals surface area (Å²) < 4.78 is 0. The number of hydrogen-bond acceptors (Lipinski definition) is 1. The lowest BCUT2D eigenvalue weighted by atomic mass is 9.91. The molecule has 2 nitrogen and oxygen atoms in total. The summed E-state index contributed by atoms with van der Waals surface area (Å²) in [6.45, 7) is 10.4. The highest BCUT2D eigenvalue weighted by atomic mass is 16.2. The lowest BCUT2D eigenvalue weighted by molar-refractivity contribution is 0.0623. The van der Waals surface area contributed by atoms with Gasteiger partial charge in [0, 0.05) is 18.7 Å². The van der Waals surface area contributed by atoms with E-state index in [1.54, 1.807) is 0 Å². The molecule has 1 aromatic rings. The maximum Gasteiger partial charge on any atom is 0.253 e. The fourth-order valence-electron chi connectivity index (χ4n) is 2.89. The summed E-state index contributed by atoms with van der Waals surface area (Å²) in [5.41, 5.74) is 3.27. The van der Waals surface area contributed by atoms with Gasteiger partial charge < -0.3 is 4.90 Å². The van der Waals surface area contributed by atoms with Crippen LogP contribution < -0.4 is 0 Å². The van der Waals surface area contributed by atoms with Crippen LogP contribution in [0, 0.1) is 25.7 Å². The lowest BCUT2D eigenvalue weighted by Gasteiger charge is -2.35. The zero-order valence-electron chi connectivity index (χ0n) is 11.9. The van der Waals surface area contributed by atoms with Crippen LogP contribution in [0.15, 0.2) is 18.2 Å². The lowest BCUT2D eigenvalue weighted by Crippen LogP contribution is -2.42. The molecule has 1 aromatic carbocycles. The number of carbonyl (C=O) groups is 1. The molecule has 0 unspecified atom stereocenters. The Morgan fingerprint density at radius 2 is 1.72 bits per heavy atom. The Hall–Kier alpha value is -1.31. The van der Waals surface area contributed by atoms with Crippen molar-refractivity contribution in [1.82, 2.24) is 4.90 Å². The van der Waals surface area contributed by atoms with Crippen LogP contribution in [0.25, 0.3) is 0 Å². The molecule has 0 radical (unpaired) electrons. The second-order valence-electron chi connectivity index (χ2n) is 5.96. The normalized spacial score (nSPS) is 24.1. The van der Waals surface area contributed by atoms with Crippen LogP contribution in [0.2, 0.25) is 0 Å². The zero-order valence-corrected chi connectivity index (χ0v) is 11.9. The van der Waals surface area contributed by atoms with E-state index in [0.717, 1.165) is 18.7 Å². The van der Waals surface area contributed by atoms with Gasteiger partial charge in [-0.05, 0) is 55.4 Å². The highest BCUT2D eigenvalue weighted by Gasteiger charge is 2.26. The number of hydrogen-bond donors (Lipinski definition) is 0. The second-order valence-corrected chi connectivity index (χ2v) is 5.96. The van der Waals surface area contributed by atoms with Crippen molar-refractivity contribution in [3.8, 4) is 0 Å². The van der Waals surface area contributed by atoms with Crippen LogP contribution >= 0.6 is 0 Å². The number of aryl methyl sites for hydroxylation is 2. The average molecular weight is 245 g/mol. The summed E-state index contributed by atoms with van der Waals surface area (Å²) in [7, 11) is 0. The van der Waals surface area contributed by atoms with E-state index < -0.39 is 0 Å². The highest BCUT2D eigenvalue weighted by Crippen LogP contribution is 2.23. The number of amides is 1. The zero-order chi connectivity index (χ0) is 13.3. The van der Waals surface area contributed by atoms with Crippen LogP contribution in [-0.2, 0) is 0 Å². The van der Waals surface area contributed by atoms with Gasteiger partial charge in [-0.1, -0.05) is 19.9 Å². The third-order valence-electron chi connectivity index (χ3n) is 3.91. The van der Waals surface area contributed by atoms with E-state index in [9.17, 15) is 4.79 Å². The van der Waals surface area contributed by atoms with Crippen molar-refractivity contribution >= 4 is 5.91 Å². The molecule has 0 spiro atoms. The first kappa shape index (κ1) is 13.1. The molecule has 0 aliphatic carbocycles. The van der Waals surface area contributed by atoms with Gasteiger partial charge in [-0.25, -0.2) is 0 Å². The minimum Gasteiger partial charge on any atom is -0.338 e. The minimum atomic E-state index is 0.191. The van der Waals surface area contributed by atoms with Gasteiger partial charge in [0.15, 0.2) is 0 Å². The number of nitrogens with zero attached hydrogens (tertiary/aromatic N) is 1. The fraction of sp³-hybridized carbons (Fsp3) is 0.562. The average Bonchev–Trinajstić information content (AvgIpc) is 2.30. The Labute approximate surface area is 110 Å². The maximum atomic E-state index is 12.5. The van der Waals surface area contributed by atoms with E-state index >= 15 is 0 Å². The maximum absolute atomic E-state index is 12.5.